The van der Waals surface area contributed by atoms with Crippen LogP contribution in [0.2, 0.25) is 0 Å². The fourth-order valence-electron chi connectivity index (χ4n) is 3.32. The third kappa shape index (κ3) is 3.01. The number of fused-ring (bicyclic) bond motifs is 1. The number of carbonyl (C=O) groups is 1. The molecule has 126 valence electrons. The van der Waals surface area contributed by atoms with Crippen molar-refractivity contribution in [2.75, 3.05) is 11.9 Å². The zero-order valence-corrected chi connectivity index (χ0v) is 13.6. The first-order valence-electron chi connectivity index (χ1n) is 8.25. The lowest BCUT2D eigenvalue weighted by Gasteiger charge is -2.37. The molecule has 4 rings (SSSR count). The van der Waals surface area contributed by atoms with Gasteiger partial charge in [0.1, 0.15) is 5.82 Å². The van der Waals surface area contributed by atoms with Crippen molar-refractivity contribution >= 4 is 11.7 Å². The highest BCUT2D eigenvalue weighted by Gasteiger charge is 2.32. The van der Waals surface area contributed by atoms with Gasteiger partial charge in [-0.25, -0.2) is 9.18 Å². The van der Waals surface area contributed by atoms with E-state index in [1.807, 2.05) is 47.5 Å². The van der Waals surface area contributed by atoms with E-state index in [1.165, 1.54) is 12.1 Å². The molecule has 1 aliphatic heterocycles. The number of anilines is 1. The fourth-order valence-corrected chi connectivity index (χ4v) is 3.32. The summed E-state index contributed by atoms with van der Waals surface area (Å²) in [4.78, 5) is 14.7. The lowest BCUT2D eigenvalue weighted by Crippen LogP contribution is -2.44. The maximum atomic E-state index is 13.1. The number of nitrogens with zero attached hydrogens (tertiary/aromatic N) is 2. The van der Waals surface area contributed by atoms with E-state index >= 15 is 0 Å². The van der Waals surface area contributed by atoms with Gasteiger partial charge in [0.05, 0.1) is 6.04 Å². The number of carbonyl (C=O) groups excluding carboxylic acids is 1. The van der Waals surface area contributed by atoms with Gasteiger partial charge in [0, 0.05) is 30.7 Å². The summed E-state index contributed by atoms with van der Waals surface area (Å²) in [7, 11) is 0. The summed E-state index contributed by atoms with van der Waals surface area (Å²) >= 11 is 0. The van der Waals surface area contributed by atoms with Crippen LogP contribution >= 0.6 is 0 Å². The first kappa shape index (κ1) is 15.4. The van der Waals surface area contributed by atoms with Gasteiger partial charge in [0.2, 0.25) is 0 Å². The summed E-state index contributed by atoms with van der Waals surface area (Å²) in [5.74, 6) is -0.323. The number of urea groups is 1. The van der Waals surface area contributed by atoms with E-state index in [-0.39, 0.29) is 17.9 Å². The Labute approximate surface area is 145 Å². The molecular weight excluding hydrogens is 317 g/mol. The van der Waals surface area contributed by atoms with E-state index in [9.17, 15) is 9.18 Å². The van der Waals surface area contributed by atoms with Crippen molar-refractivity contribution in [2.45, 2.75) is 12.6 Å². The van der Waals surface area contributed by atoms with Gasteiger partial charge in [-0.15, -0.1) is 0 Å². The standard InChI is InChI=1S/C20H18FN3O/c21-16-8-10-17(11-9-16)22-20(25)24-14-13-23-12-4-7-18(23)19(24)15-5-2-1-3-6-15/h1-12,19H,13-14H2,(H,22,25)/t19-/m1/s1. The Bertz CT molecular complexity index is 873. The molecule has 2 aromatic carbocycles. The van der Waals surface area contributed by atoms with Gasteiger partial charge < -0.3 is 14.8 Å². The van der Waals surface area contributed by atoms with Crippen LogP contribution in [0.25, 0.3) is 0 Å². The third-order valence-corrected chi connectivity index (χ3v) is 4.51. The first-order chi connectivity index (χ1) is 12.2. The van der Waals surface area contributed by atoms with Crippen LogP contribution < -0.4 is 5.32 Å². The molecule has 1 aromatic heterocycles. The Kier molecular flexibility index (Phi) is 3.98. The van der Waals surface area contributed by atoms with Crippen LogP contribution in [-0.4, -0.2) is 22.0 Å². The molecular formula is C20H18FN3O. The Morgan fingerprint density at radius 2 is 1.72 bits per heavy atom. The highest BCUT2D eigenvalue weighted by Crippen LogP contribution is 2.32. The van der Waals surface area contributed by atoms with Crippen molar-refractivity contribution in [1.29, 1.82) is 0 Å². The summed E-state index contributed by atoms with van der Waals surface area (Å²) < 4.78 is 15.2. The van der Waals surface area contributed by atoms with Crippen molar-refractivity contribution in [3.63, 3.8) is 0 Å². The van der Waals surface area contributed by atoms with Gasteiger partial charge in [-0.3, -0.25) is 0 Å². The summed E-state index contributed by atoms with van der Waals surface area (Å²) in [6.45, 7) is 1.36. The number of hydrogen-bond donors (Lipinski definition) is 1. The van der Waals surface area contributed by atoms with Crippen LogP contribution in [0.15, 0.2) is 72.9 Å². The Morgan fingerprint density at radius 1 is 0.960 bits per heavy atom. The number of benzene rings is 2. The lowest BCUT2D eigenvalue weighted by molar-refractivity contribution is 0.182. The molecule has 0 spiro atoms. The van der Waals surface area contributed by atoms with E-state index in [0.29, 0.717) is 12.2 Å². The molecule has 0 saturated heterocycles. The number of nitrogens with one attached hydrogen (secondary N) is 1. The second kappa shape index (κ2) is 6.43. The molecule has 5 heteroatoms. The minimum absolute atomic E-state index is 0.148. The normalized spacial score (nSPS) is 16.4. The summed E-state index contributed by atoms with van der Waals surface area (Å²) in [5.41, 5.74) is 2.74. The minimum Gasteiger partial charge on any atom is -0.348 e. The van der Waals surface area contributed by atoms with E-state index in [0.717, 1.165) is 17.8 Å². The average molecular weight is 335 g/mol. The molecule has 0 fully saturated rings. The van der Waals surface area contributed by atoms with Gasteiger partial charge in [-0.05, 0) is 42.0 Å². The van der Waals surface area contributed by atoms with E-state index in [4.69, 9.17) is 0 Å². The minimum atomic E-state index is -0.323. The maximum Gasteiger partial charge on any atom is 0.322 e. The SMILES string of the molecule is O=C(Nc1ccc(F)cc1)N1CCn2cccc2[C@H]1c1ccccc1. The van der Waals surface area contributed by atoms with Crippen LogP contribution in [0.1, 0.15) is 17.3 Å². The second-order valence-electron chi connectivity index (χ2n) is 6.07. The predicted molar refractivity (Wildman–Crippen MR) is 94.8 cm³/mol. The molecule has 25 heavy (non-hydrogen) atoms. The molecule has 1 N–H and O–H groups in total. The monoisotopic (exact) mass is 335 g/mol. The molecule has 1 aliphatic rings. The van der Waals surface area contributed by atoms with Gasteiger partial charge in [0.15, 0.2) is 0 Å². The Hall–Kier alpha value is -3.08. The van der Waals surface area contributed by atoms with E-state index in [1.54, 1.807) is 12.1 Å². The predicted octanol–water partition coefficient (Wildman–Crippen LogP) is 4.26. The van der Waals surface area contributed by atoms with Gasteiger partial charge in [-0.1, -0.05) is 30.3 Å². The molecule has 0 saturated carbocycles. The highest BCUT2D eigenvalue weighted by atomic mass is 19.1. The zero-order valence-electron chi connectivity index (χ0n) is 13.6. The van der Waals surface area contributed by atoms with Crippen LogP contribution in [0.4, 0.5) is 14.9 Å². The number of halogens is 1. The highest BCUT2D eigenvalue weighted by molar-refractivity contribution is 5.90. The lowest BCUT2D eigenvalue weighted by atomic mass is 10.0. The number of amides is 2. The molecule has 2 amide bonds. The third-order valence-electron chi connectivity index (χ3n) is 4.51. The van der Waals surface area contributed by atoms with E-state index in [2.05, 4.69) is 16.0 Å². The number of aromatic nitrogens is 1. The number of hydrogen-bond acceptors (Lipinski definition) is 1. The van der Waals surface area contributed by atoms with Gasteiger partial charge in [0.25, 0.3) is 0 Å². The Balaban J connectivity index is 1.65. The molecule has 0 unspecified atom stereocenters. The average Bonchev–Trinajstić information content (AvgIpc) is 3.12. The zero-order chi connectivity index (χ0) is 17.2. The van der Waals surface area contributed by atoms with E-state index < -0.39 is 0 Å². The maximum absolute atomic E-state index is 13.1. The molecule has 4 nitrogen and oxygen atoms in total. The van der Waals surface area contributed by atoms with Crippen LogP contribution in [-0.2, 0) is 6.54 Å². The van der Waals surface area contributed by atoms with Crippen molar-refractivity contribution < 1.29 is 9.18 Å². The van der Waals surface area contributed by atoms with Crippen molar-refractivity contribution in [1.82, 2.24) is 9.47 Å². The van der Waals surface area contributed by atoms with Crippen molar-refractivity contribution in [3.05, 3.63) is 90.0 Å². The smallest absolute Gasteiger partial charge is 0.322 e. The molecule has 0 bridgehead atoms. The van der Waals surface area contributed by atoms with Crippen LogP contribution in [0.3, 0.4) is 0 Å². The molecule has 2 heterocycles. The van der Waals surface area contributed by atoms with Gasteiger partial charge in [-0.2, -0.15) is 0 Å². The first-order valence-corrected chi connectivity index (χ1v) is 8.25. The van der Waals surface area contributed by atoms with Crippen molar-refractivity contribution in [3.8, 4) is 0 Å². The summed E-state index contributed by atoms with van der Waals surface area (Å²) in [6, 6.07) is 19.5. The molecule has 0 aliphatic carbocycles. The van der Waals surface area contributed by atoms with Crippen molar-refractivity contribution in [2.24, 2.45) is 0 Å². The molecule has 0 radical (unpaired) electrons. The second-order valence-corrected chi connectivity index (χ2v) is 6.07. The van der Waals surface area contributed by atoms with Crippen LogP contribution in [0, 0.1) is 5.82 Å². The summed E-state index contributed by atoms with van der Waals surface area (Å²) in [5, 5.41) is 2.87. The largest absolute Gasteiger partial charge is 0.348 e. The summed E-state index contributed by atoms with van der Waals surface area (Å²) in [6.07, 6.45) is 2.04. The Morgan fingerprint density at radius 3 is 2.48 bits per heavy atom. The molecule has 1 atom stereocenters. The van der Waals surface area contributed by atoms with Crippen LogP contribution in [0.5, 0.6) is 0 Å². The van der Waals surface area contributed by atoms with Gasteiger partial charge >= 0.3 is 6.03 Å². The number of rotatable bonds is 2. The fraction of sp³-hybridized carbons (Fsp3) is 0.150. The molecule has 3 aromatic rings. The quantitative estimate of drug-likeness (QED) is 0.746. The topological polar surface area (TPSA) is 37.3 Å².